The fraction of sp³-hybridized carbons (Fsp3) is 0.647. The van der Waals surface area contributed by atoms with Gasteiger partial charge in [-0.15, -0.1) is 0 Å². The lowest BCUT2D eigenvalue weighted by Crippen LogP contribution is -2.51. The molecule has 1 aromatic carbocycles. The van der Waals surface area contributed by atoms with E-state index in [0.717, 1.165) is 12.5 Å². The Bertz CT molecular complexity index is 437. The van der Waals surface area contributed by atoms with Crippen molar-refractivity contribution >= 4 is 5.69 Å². The minimum atomic E-state index is 0.248. The van der Waals surface area contributed by atoms with Crippen molar-refractivity contribution in [1.82, 2.24) is 5.32 Å². The van der Waals surface area contributed by atoms with Crippen molar-refractivity contribution in [2.45, 2.75) is 46.1 Å². The molecule has 0 saturated carbocycles. The van der Waals surface area contributed by atoms with Gasteiger partial charge in [-0.2, -0.15) is 0 Å². The quantitative estimate of drug-likeness (QED) is 0.894. The molecule has 0 amide bonds. The number of nitrogens with zero attached hydrogens (tertiary/aromatic N) is 1. The Hall–Kier alpha value is -1.02. The maximum Gasteiger partial charge on any atom is 0.0403 e. The molecule has 106 valence electrons. The zero-order chi connectivity index (χ0) is 14.0. The van der Waals surface area contributed by atoms with Gasteiger partial charge in [-0.25, -0.2) is 0 Å². The molecule has 2 heteroatoms. The molecule has 2 rings (SSSR count). The first-order chi connectivity index (χ1) is 8.95. The van der Waals surface area contributed by atoms with Gasteiger partial charge in [-0.05, 0) is 77.2 Å². The molecular formula is C17H28N2. The lowest BCUT2D eigenvalue weighted by Gasteiger charge is -2.48. The van der Waals surface area contributed by atoms with Crippen LogP contribution >= 0.6 is 0 Å². The van der Waals surface area contributed by atoms with Gasteiger partial charge in [0.2, 0.25) is 0 Å². The lowest BCUT2D eigenvalue weighted by molar-refractivity contribution is 0.270. The summed E-state index contributed by atoms with van der Waals surface area (Å²) in [6.45, 7) is 11.5. The maximum absolute atomic E-state index is 3.33. The third kappa shape index (κ3) is 2.94. The van der Waals surface area contributed by atoms with Gasteiger partial charge in [-0.3, -0.25) is 0 Å². The van der Waals surface area contributed by atoms with Gasteiger partial charge in [0, 0.05) is 17.8 Å². The fourth-order valence-corrected chi connectivity index (χ4v) is 3.47. The fourth-order valence-electron chi connectivity index (χ4n) is 3.47. The first kappa shape index (κ1) is 14.4. The minimum Gasteiger partial charge on any atom is -0.366 e. The molecule has 0 spiro atoms. The van der Waals surface area contributed by atoms with Gasteiger partial charge in [0.05, 0.1) is 0 Å². The number of rotatable bonds is 3. The summed E-state index contributed by atoms with van der Waals surface area (Å²) in [6.07, 6.45) is 2.55. The predicted molar refractivity (Wildman–Crippen MR) is 84.0 cm³/mol. The highest BCUT2D eigenvalue weighted by atomic mass is 15.2. The summed E-state index contributed by atoms with van der Waals surface area (Å²) in [7, 11) is 2.06. The smallest absolute Gasteiger partial charge is 0.0403 e. The van der Waals surface area contributed by atoms with E-state index in [1.165, 1.54) is 36.2 Å². The van der Waals surface area contributed by atoms with Gasteiger partial charge in [0.15, 0.2) is 0 Å². The van der Waals surface area contributed by atoms with Crippen molar-refractivity contribution in [3.8, 4) is 0 Å². The van der Waals surface area contributed by atoms with Crippen LogP contribution in [-0.4, -0.2) is 25.7 Å². The number of nitrogens with one attached hydrogen (secondary N) is 1. The molecule has 1 N–H and O–H groups in total. The van der Waals surface area contributed by atoms with Crippen molar-refractivity contribution in [3.63, 3.8) is 0 Å². The van der Waals surface area contributed by atoms with Crippen LogP contribution in [0.2, 0.25) is 0 Å². The van der Waals surface area contributed by atoms with Crippen LogP contribution in [0.25, 0.3) is 0 Å². The van der Waals surface area contributed by atoms with Crippen molar-refractivity contribution in [2.24, 2.45) is 5.92 Å². The molecular weight excluding hydrogens is 232 g/mol. The molecule has 1 atom stereocenters. The number of hydrogen-bond donors (Lipinski definition) is 1. The topological polar surface area (TPSA) is 15.3 Å². The van der Waals surface area contributed by atoms with Crippen LogP contribution in [0.4, 0.5) is 5.69 Å². The molecule has 0 aliphatic carbocycles. The molecule has 2 nitrogen and oxygen atoms in total. The molecule has 19 heavy (non-hydrogen) atoms. The van der Waals surface area contributed by atoms with E-state index >= 15 is 0 Å². The van der Waals surface area contributed by atoms with E-state index in [4.69, 9.17) is 0 Å². The van der Waals surface area contributed by atoms with E-state index in [-0.39, 0.29) is 5.54 Å². The monoisotopic (exact) mass is 260 g/mol. The summed E-state index contributed by atoms with van der Waals surface area (Å²) in [6, 6.07) is 6.68. The number of hydrogen-bond acceptors (Lipinski definition) is 2. The minimum absolute atomic E-state index is 0.248. The van der Waals surface area contributed by atoms with Crippen LogP contribution in [0, 0.1) is 19.8 Å². The Kier molecular flexibility index (Phi) is 4.19. The van der Waals surface area contributed by atoms with Crippen LogP contribution in [0.5, 0.6) is 0 Å². The van der Waals surface area contributed by atoms with Gasteiger partial charge >= 0.3 is 0 Å². The highest BCUT2D eigenvalue weighted by Crippen LogP contribution is 2.37. The SMILES string of the molecule is CNCC1CCN(c2cccc(C)c2C)C(C)(C)C1. The Morgan fingerprint density at radius 2 is 2.05 bits per heavy atom. The maximum atomic E-state index is 3.33. The molecule has 1 heterocycles. The Morgan fingerprint density at radius 1 is 1.32 bits per heavy atom. The summed E-state index contributed by atoms with van der Waals surface area (Å²) in [4.78, 5) is 2.61. The summed E-state index contributed by atoms with van der Waals surface area (Å²) < 4.78 is 0. The van der Waals surface area contributed by atoms with E-state index < -0.39 is 0 Å². The molecule has 1 aliphatic rings. The Balaban J connectivity index is 2.24. The second-order valence-corrected chi connectivity index (χ2v) is 6.60. The summed E-state index contributed by atoms with van der Waals surface area (Å²) in [5, 5.41) is 3.33. The van der Waals surface area contributed by atoms with Crippen LogP contribution in [0.15, 0.2) is 18.2 Å². The summed E-state index contributed by atoms with van der Waals surface area (Å²) >= 11 is 0. The lowest BCUT2D eigenvalue weighted by atomic mass is 9.81. The molecule has 1 aromatic rings. The zero-order valence-corrected chi connectivity index (χ0v) is 13.1. The van der Waals surface area contributed by atoms with E-state index in [2.05, 4.69) is 63.2 Å². The van der Waals surface area contributed by atoms with Crippen molar-refractivity contribution in [2.75, 3.05) is 25.0 Å². The average molecular weight is 260 g/mol. The van der Waals surface area contributed by atoms with Crippen molar-refractivity contribution < 1.29 is 0 Å². The summed E-state index contributed by atoms with van der Waals surface area (Å²) in [5.74, 6) is 0.807. The van der Waals surface area contributed by atoms with Crippen LogP contribution in [-0.2, 0) is 0 Å². The van der Waals surface area contributed by atoms with Crippen LogP contribution < -0.4 is 10.2 Å². The Labute approximate surface area is 118 Å². The van der Waals surface area contributed by atoms with Crippen LogP contribution in [0.3, 0.4) is 0 Å². The normalized spacial score (nSPS) is 22.6. The van der Waals surface area contributed by atoms with Gasteiger partial charge < -0.3 is 10.2 Å². The van der Waals surface area contributed by atoms with Crippen molar-refractivity contribution in [1.29, 1.82) is 0 Å². The van der Waals surface area contributed by atoms with E-state index in [0.29, 0.717) is 0 Å². The number of anilines is 1. The number of piperidine rings is 1. The molecule has 0 radical (unpaired) electrons. The highest BCUT2D eigenvalue weighted by molar-refractivity contribution is 5.58. The second-order valence-electron chi connectivity index (χ2n) is 6.60. The molecule has 1 saturated heterocycles. The molecule has 1 aliphatic heterocycles. The molecule has 1 unspecified atom stereocenters. The van der Waals surface area contributed by atoms with Crippen LogP contribution in [0.1, 0.15) is 37.8 Å². The van der Waals surface area contributed by atoms with E-state index in [9.17, 15) is 0 Å². The third-order valence-electron chi connectivity index (χ3n) is 4.64. The van der Waals surface area contributed by atoms with Gasteiger partial charge in [0.1, 0.15) is 0 Å². The number of aryl methyl sites for hydroxylation is 1. The predicted octanol–water partition coefficient (Wildman–Crippen LogP) is 3.52. The summed E-state index contributed by atoms with van der Waals surface area (Å²) in [5.41, 5.74) is 4.50. The van der Waals surface area contributed by atoms with Crippen molar-refractivity contribution in [3.05, 3.63) is 29.3 Å². The highest BCUT2D eigenvalue weighted by Gasteiger charge is 2.35. The standard InChI is InChI=1S/C17H28N2/c1-13-7-6-8-16(14(13)2)19-10-9-15(12-18-5)11-17(19,3)4/h6-8,15,18H,9-12H2,1-5H3. The molecule has 0 bridgehead atoms. The largest absolute Gasteiger partial charge is 0.366 e. The first-order valence-electron chi connectivity index (χ1n) is 7.44. The first-order valence-corrected chi connectivity index (χ1v) is 7.44. The van der Waals surface area contributed by atoms with E-state index in [1.807, 2.05) is 0 Å². The Morgan fingerprint density at radius 3 is 2.68 bits per heavy atom. The van der Waals surface area contributed by atoms with Gasteiger partial charge in [-0.1, -0.05) is 12.1 Å². The zero-order valence-electron chi connectivity index (χ0n) is 13.1. The number of benzene rings is 1. The molecule has 0 aromatic heterocycles. The van der Waals surface area contributed by atoms with E-state index in [1.54, 1.807) is 0 Å². The third-order valence-corrected chi connectivity index (χ3v) is 4.64. The average Bonchev–Trinajstić information content (AvgIpc) is 2.33. The second kappa shape index (κ2) is 5.54. The van der Waals surface area contributed by atoms with Gasteiger partial charge in [0.25, 0.3) is 0 Å². The molecule has 1 fully saturated rings.